The molecule has 4 N–H and O–H groups in total. The van der Waals surface area contributed by atoms with Crippen LogP contribution in [0.25, 0.3) is 0 Å². The van der Waals surface area contributed by atoms with Crippen molar-refractivity contribution in [3.05, 3.63) is 81.9 Å². The number of phenolic OH excluding ortho intramolecular Hbond substituents is 2. The van der Waals surface area contributed by atoms with E-state index in [-0.39, 0.29) is 98.4 Å². The average molecular weight is 667 g/mol. The molecule has 0 amide bonds. The van der Waals surface area contributed by atoms with E-state index in [0.29, 0.717) is 5.56 Å². The van der Waals surface area contributed by atoms with Crippen LogP contribution in [0.5, 0.6) is 23.0 Å². The van der Waals surface area contributed by atoms with Gasteiger partial charge in [-0.15, -0.1) is 0 Å². The second-order valence-electron chi connectivity index (χ2n) is 10.4. The molecule has 3 aromatic carbocycles. The Morgan fingerprint density at radius 1 is 0.681 bits per heavy atom. The summed E-state index contributed by atoms with van der Waals surface area (Å²) in [4.78, 5) is 61.0. The number of hydrogen-bond donors (Lipinski definition) is 4. The van der Waals surface area contributed by atoms with E-state index in [1.165, 1.54) is 30.3 Å². The summed E-state index contributed by atoms with van der Waals surface area (Å²) in [6.45, 7) is -4.21. The molecule has 1 spiro atoms. The molecular weight excluding hydrogens is 642 g/mol. The Morgan fingerprint density at radius 2 is 1.13 bits per heavy atom. The van der Waals surface area contributed by atoms with E-state index in [1.54, 1.807) is 18.2 Å². The van der Waals surface area contributed by atoms with Gasteiger partial charge in [-0.05, 0) is 30.3 Å². The fourth-order valence-electron chi connectivity index (χ4n) is 5.72. The SMILES string of the molecule is O=C([O-])CN(CC(=O)O)Cc1c(O)ccc2c1Oc1c(ccc(O)c1CN(CC(=O)[O-])CC(=O)O)C21OC(=O)c2ccccc21.[Na+].[Na+]. The summed E-state index contributed by atoms with van der Waals surface area (Å²) < 4.78 is 12.3. The topological polar surface area (TPSA) is 237 Å². The summed E-state index contributed by atoms with van der Waals surface area (Å²) in [5.74, 6) is -7.89. The molecule has 0 saturated heterocycles. The normalized spacial score (nSPS) is 13.4. The Labute approximate surface area is 310 Å². The third kappa shape index (κ3) is 7.42. The van der Waals surface area contributed by atoms with Crippen LogP contribution < -0.4 is 74.1 Å². The number of aromatic hydroxyl groups is 2. The van der Waals surface area contributed by atoms with Gasteiger partial charge in [0.25, 0.3) is 0 Å². The van der Waals surface area contributed by atoms with E-state index in [4.69, 9.17) is 9.47 Å². The Hall–Kier alpha value is -3.67. The van der Waals surface area contributed by atoms with Crippen LogP contribution in [-0.2, 0) is 42.6 Å². The predicted molar refractivity (Wildman–Crippen MR) is 144 cm³/mol. The molecule has 0 radical (unpaired) electrons. The maximum absolute atomic E-state index is 13.2. The number of carboxylic acids is 4. The van der Waals surface area contributed by atoms with Gasteiger partial charge in [-0.1, -0.05) is 18.2 Å². The monoisotopic (exact) mass is 666 g/mol. The third-order valence-corrected chi connectivity index (χ3v) is 7.39. The third-order valence-electron chi connectivity index (χ3n) is 7.39. The second-order valence-corrected chi connectivity index (χ2v) is 10.4. The van der Waals surface area contributed by atoms with Crippen molar-refractivity contribution in [1.29, 1.82) is 0 Å². The minimum Gasteiger partial charge on any atom is -0.549 e. The maximum Gasteiger partial charge on any atom is 1.00 e. The number of fused-ring (bicyclic) bond motifs is 6. The number of carbonyl (C=O) groups excluding carboxylic acids is 3. The number of esters is 1. The number of nitrogens with zero attached hydrogens (tertiary/aromatic N) is 2. The molecule has 15 nitrogen and oxygen atoms in total. The van der Waals surface area contributed by atoms with Crippen LogP contribution >= 0.6 is 0 Å². The summed E-state index contributed by atoms with van der Waals surface area (Å²) in [7, 11) is 0. The summed E-state index contributed by atoms with van der Waals surface area (Å²) in [5.41, 5.74) is -1.15. The molecule has 0 aromatic heterocycles. The largest absolute Gasteiger partial charge is 1.00 e. The Kier molecular flexibility index (Phi) is 12.1. The van der Waals surface area contributed by atoms with Crippen molar-refractivity contribution in [2.24, 2.45) is 0 Å². The first-order valence-corrected chi connectivity index (χ1v) is 13.3. The molecule has 47 heavy (non-hydrogen) atoms. The van der Waals surface area contributed by atoms with Crippen LogP contribution in [0.2, 0.25) is 0 Å². The molecule has 2 aliphatic rings. The molecule has 17 heteroatoms. The van der Waals surface area contributed by atoms with Crippen LogP contribution in [-0.4, -0.2) is 86.3 Å². The van der Waals surface area contributed by atoms with Gasteiger partial charge in [0, 0.05) is 42.9 Å². The van der Waals surface area contributed by atoms with E-state index in [9.17, 15) is 54.6 Å². The van der Waals surface area contributed by atoms with Crippen LogP contribution in [0.4, 0.5) is 0 Å². The predicted octanol–water partition coefficient (Wildman–Crippen LogP) is -7.05. The molecule has 3 aromatic rings. The van der Waals surface area contributed by atoms with E-state index < -0.39 is 86.2 Å². The van der Waals surface area contributed by atoms with Gasteiger partial charge >= 0.3 is 77.0 Å². The smallest absolute Gasteiger partial charge is 0.549 e. The first kappa shape index (κ1) is 37.8. The average Bonchev–Trinajstić information content (AvgIpc) is 3.23. The minimum atomic E-state index is -1.78. The fourth-order valence-corrected chi connectivity index (χ4v) is 5.72. The molecule has 0 fully saturated rings. The van der Waals surface area contributed by atoms with Crippen LogP contribution in [0.1, 0.15) is 38.2 Å². The fraction of sp³-hybridized carbons (Fsp3) is 0.233. The zero-order valence-corrected chi connectivity index (χ0v) is 29.2. The van der Waals surface area contributed by atoms with Gasteiger partial charge in [-0.25, -0.2) is 4.79 Å². The molecule has 2 heterocycles. The summed E-state index contributed by atoms with van der Waals surface area (Å²) in [6.07, 6.45) is 0. The standard InChI is InChI=1S/C30H26N2O13.2Na/c33-21-7-5-19-27(16(21)9-31(11-23(35)36)12-24(37)38)44-28-17(10-32(13-25(39)40)14-26(41)42)22(34)8-6-20(28)30(19)18-4-2-1-3-15(18)29(43)45-30;;/h1-8,33-34H,9-14H2,(H,35,36)(H,37,38)(H,39,40)(H,41,42);;/q;2*+1/p-2. The van der Waals surface area contributed by atoms with Gasteiger partial charge in [0.15, 0.2) is 5.60 Å². The number of aliphatic carboxylic acids is 4. The molecule has 0 saturated carbocycles. The quantitative estimate of drug-likeness (QED) is 0.104. The number of ether oxygens (including phenoxy) is 2. The molecule has 0 atom stereocenters. The van der Waals surface area contributed by atoms with Gasteiger partial charge < -0.3 is 49.7 Å². The zero-order chi connectivity index (χ0) is 32.6. The van der Waals surface area contributed by atoms with Gasteiger partial charge in [0.05, 0.1) is 41.7 Å². The van der Waals surface area contributed by atoms with Crippen molar-refractivity contribution in [2.45, 2.75) is 18.7 Å². The Balaban J connectivity index is 0.00000300. The first-order chi connectivity index (χ1) is 21.3. The molecule has 0 bridgehead atoms. The van der Waals surface area contributed by atoms with Crippen LogP contribution in [0.15, 0.2) is 48.5 Å². The van der Waals surface area contributed by atoms with Crippen molar-refractivity contribution in [3.63, 3.8) is 0 Å². The summed E-state index contributed by atoms with van der Waals surface area (Å²) >= 11 is 0. The van der Waals surface area contributed by atoms with Crippen LogP contribution in [0.3, 0.4) is 0 Å². The number of benzene rings is 3. The first-order valence-electron chi connectivity index (χ1n) is 13.3. The number of carbonyl (C=O) groups is 5. The minimum absolute atomic E-state index is 0. The second kappa shape index (κ2) is 15.0. The maximum atomic E-state index is 13.2. The number of carboxylic acid groups (broad SMARTS) is 4. The number of hydrogen-bond acceptors (Lipinski definition) is 13. The van der Waals surface area contributed by atoms with E-state index in [0.717, 1.165) is 9.80 Å². The van der Waals surface area contributed by atoms with E-state index >= 15 is 0 Å². The van der Waals surface area contributed by atoms with Crippen molar-refractivity contribution in [2.75, 3.05) is 26.2 Å². The molecule has 5 rings (SSSR count). The van der Waals surface area contributed by atoms with E-state index in [2.05, 4.69) is 0 Å². The molecule has 234 valence electrons. The van der Waals surface area contributed by atoms with Crippen molar-refractivity contribution < 1.29 is 123 Å². The Morgan fingerprint density at radius 3 is 1.55 bits per heavy atom. The van der Waals surface area contributed by atoms with Crippen molar-refractivity contribution in [3.8, 4) is 23.0 Å². The number of phenols is 2. The van der Waals surface area contributed by atoms with Crippen molar-refractivity contribution in [1.82, 2.24) is 9.80 Å². The zero-order valence-electron chi connectivity index (χ0n) is 25.2. The summed E-state index contributed by atoms with van der Waals surface area (Å²) in [5, 5.41) is 63.5. The molecular formula is C30H24N2Na2O13. The molecule has 0 aliphatic carbocycles. The number of rotatable bonds is 12. The Bertz CT molecular complexity index is 1640. The van der Waals surface area contributed by atoms with Crippen LogP contribution in [0, 0.1) is 0 Å². The van der Waals surface area contributed by atoms with Gasteiger partial charge in [0.1, 0.15) is 23.0 Å². The molecule has 2 aliphatic heterocycles. The summed E-state index contributed by atoms with van der Waals surface area (Å²) in [6, 6.07) is 11.7. The van der Waals surface area contributed by atoms with E-state index in [1.807, 2.05) is 0 Å². The van der Waals surface area contributed by atoms with Crippen molar-refractivity contribution >= 4 is 29.8 Å². The van der Waals surface area contributed by atoms with Gasteiger partial charge in [-0.2, -0.15) is 0 Å². The molecule has 0 unspecified atom stereocenters. The van der Waals surface area contributed by atoms with Gasteiger partial charge in [0.2, 0.25) is 0 Å². The van der Waals surface area contributed by atoms with Gasteiger partial charge in [-0.3, -0.25) is 19.4 Å².